The zero-order chi connectivity index (χ0) is 18.0. The Morgan fingerprint density at radius 1 is 1.04 bits per heavy atom. The van der Waals surface area contributed by atoms with E-state index in [9.17, 15) is 8.42 Å². The van der Waals surface area contributed by atoms with Crippen LogP contribution < -0.4 is 4.72 Å². The molecule has 7 heteroatoms. The topological polar surface area (TPSA) is 75.2 Å². The number of benzene rings is 1. The molecule has 0 amide bonds. The van der Waals surface area contributed by atoms with Crippen LogP contribution >= 0.6 is 0 Å². The van der Waals surface area contributed by atoms with Gasteiger partial charge in [-0.2, -0.15) is 0 Å². The molecule has 0 unspecified atom stereocenters. The van der Waals surface area contributed by atoms with Crippen LogP contribution in [0.25, 0.3) is 0 Å². The molecular weight excluding hydrogens is 348 g/mol. The highest BCUT2D eigenvalue weighted by molar-refractivity contribution is 7.92. The minimum absolute atomic E-state index is 0.105. The molecule has 1 aromatic heterocycles. The van der Waals surface area contributed by atoms with Crippen LogP contribution in [0.2, 0.25) is 0 Å². The zero-order valence-electron chi connectivity index (χ0n) is 14.7. The van der Waals surface area contributed by atoms with Crippen LogP contribution in [0, 0.1) is 11.8 Å². The van der Waals surface area contributed by atoms with Gasteiger partial charge in [-0.1, -0.05) is 24.6 Å². The monoisotopic (exact) mass is 372 g/mol. The molecule has 2 heterocycles. The fourth-order valence-electron chi connectivity index (χ4n) is 4.19. The maximum Gasteiger partial charge on any atom is 0.264 e. The van der Waals surface area contributed by atoms with E-state index in [-0.39, 0.29) is 10.8 Å². The lowest BCUT2D eigenvalue weighted by Crippen LogP contribution is -2.42. The van der Waals surface area contributed by atoms with E-state index in [2.05, 4.69) is 19.6 Å². The van der Waals surface area contributed by atoms with Crippen molar-refractivity contribution in [3.05, 3.63) is 48.3 Å². The summed E-state index contributed by atoms with van der Waals surface area (Å²) in [6.07, 6.45) is 8.91. The van der Waals surface area contributed by atoms with E-state index < -0.39 is 10.0 Å². The lowest BCUT2D eigenvalue weighted by molar-refractivity contribution is 0.0806. The maximum atomic E-state index is 12.3. The Morgan fingerprint density at radius 3 is 2.35 bits per heavy atom. The van der Waals surface area contributed by atoms with Crippen molar-refractivity contribution in [1.82, 2.24) is 14.9 Å². The second-order valence-electron chi connectivity index (χ2n) is 7.43. The van der Waals surface area contributed by atoms with Gasteiger partial charge in [0, 0.05) is 37.6 Å². The first-order valence-corrected chi connectivity index (χ1v) is 10.7. The molecule has 26 heavy (non-hydrogen) atoms. The van der Waals surface area contributed by atoms with Gasteiger partial charge in [0.25, 0.3) is 10.0 Å². The summed E-state index contributed by atoms with van der Waals surface area (Å²) in [5.74, 6) is 1.77. The summed E-state index contributed by atoms with van der Waals surface area (Å²) in [4.78, 5) is 11.1. The van der Waals surface area contributed by atoms with Gasteiger partial charge in [0.05, 0.1) is 4.90 Å². The minimum Gasteiger partial charge on any atom is -0.298 e. The van der Waals surface area contributed by atoms with E-state index in [1.54, 1.807) is 42.7 Å². The number of sulfonamides is 1. The first-order chi connectivity index (χ1) is 12.6. The third-order valence-corrected chi connectivity index (χ3v) is 6.66. The van der Waals surface area contributed by atoms with Crippen molar-refractivity contribution < 1.29 is 8.42 Å². The van der Waals surface area contributed by atoms with Crippen LogP contribution in [0.1, 0.15) is 31.2 Å². The molecular formula is C19H24N4O2S. The van der Waals surface area contributed by atoms with Crippen LogP contribution in [-0.4, -0.2) is 36.4 Å². The largest absolute Gasteiger partial charge is 0.298 e. The van der Waals surface area contributed by atoms with Gasteiger partial charge in [0.15, 0.2) is 0 Å². The van der Waals surface area contributed by atoms with Crippen LogP contribution in [0.3, 0.4) is 0 Å². The standard InChI is InChI=1S/C19H24N4O2S/c24-26(25,18-7-2-1-3-8-18)22-19-20-10-17(11-21-19)14-23-12-15-5-4-6-16(9-15)13-23/h1-3,7-8,10-11,15-16H,4-6,9,12-14H2,(H,20,21,22)/t15-,16-/m0/s1. The predicted molar refractivity (Wildman–Crippen MR) is 100 cm³/mol. The number of nitrogens with zero attached hydrogens (tertiary/aromatic N) is 3. The summed E-state index contributed by atoms with van der Waals surface area (Å²) in [5, 5.41) is 0. The number of fused-ring (bicyclic) bond motifs is 2. The first-order valence-electron chi connectivity index (χ1n) is 9.19. The second kappa shape index (κ2) is 7.32. The molecule has 1 saturated carbocycles. The number of aromatic nitrogens is 2. The third kappa shape index (κ3) is 4.04. The van der Waals surface area contributed by atoms with Crippen LogP contribution in [-0.2, 0) is 16.6 Å². The Kier molecular flexibility index (Phi) is 4.91. The smallest absolute Gasteiger partial charge is 0.264 e. The number of piperidine rings is 1. The van der Waals surface area contributed by atoms with Crippen molar-refractivity contribution in [2.24, 2.45) is 11.8 Å². The lowest BCUT2D eigenvalue weighted by Gasteiger charge is -2.41. The highest BCUT2D eigenvalue weighted by Gasteiger charge is 2.30. The third-order valence-electron chi connectivity index (χ3n) is 5.31. The van der Waals surface area contributed by atoms with E-state index in [1.807, 2.05) is 0 Å². The van der Waals surface area contributed by atoms with Crippen LogP contribution in [0.15, 0.2) is 47.6 Å². The molecule has 2 bridgehead atoms. The Hall–Kier alpha value is -1.99. The highest BCUT2D eigenvalue weighted by Crippen LogP contribution is 2.34. The van der Waals surface area contributed by atoms with Crippen molar-refractivity contribution in [2.75, 3.05) is 17.8 Å². The summed E-state index contributed by atoms with van der Waals surface area (Å²) in [7, 11) is -3.65. The highest BCUT2D eigenvalue weighted by atomic mass is 32.2. The molecule has 6 nitrogen and oxygen atoms in total. The average molecular weight is 372 g/mol. The fraction of sp³-hybridized carbons (Fsp3) is 0.474. The number of hydrogen-bond donors (Lipinski definition) is 1. The van der Waals surface area contributed by atoms with Gasteiger partial charge in [-0.15, -0.1) is 0 Å². The molecule has 1 aliphatic heterocycles. The van der Waals surface area contributed by atoms with Gasteiger partial charge in [-0.25, -0.2) is 23.1 Å². The normalized spacial score (nSPS) is 23.5. The van der Waals surface area contributed by atoms with Crippen molar-refractivity contribution in [3.63, 3.8) is 0 Å². The zero-order valence-corrected chi connectivity index (χ0v) is 15.5. The summed E-state index contributed by atoms with van der Waals surface area (Å²) in [6, 6.07) is 8.24. The van der Waals surface area contributed by atoms with E-state index >= 15 is 0 Å². The number of nitrogens with one attached hydrogen (secondary N) is 1. The fourth-order valence-corrected chi connectivity index (χ4v) is 5.17. The lowest BCUT2D eigenvalue weighted by atomic mass is 9.78. The van der Waals surface area contributed by atoms with Gasteiger partial charge in [0.1, 0.15) is 0 Å². The van der Waals surface area contributed by atoms with Crippen molar-refractivity contribution in [1.29, 1.82) is 0 Å². The molecule has 2 fully saturated rings. The number of hydrogen-bond acceptors (Lipinski definition) is 5. The summed E-state index contributed by atoms with van der Waals surface area (Å²) >= 11 is 0. The minimum atomic E-state index is -3.65. The summed E-state index contributed by atoms with van der Waals surface area (Å²) in [6.45, 7) is 3.14. The first kappa shape index (κ1) is 17.4. The molecule has 0 radical (unpaired) electrons. The SMILES string of the molecule is O=S(=O)(Nc1ncc(CN2C[C@H]3CCC[C@@H](C3)C2)cn1)c1ccccc1. The quantitative estimate of drug-likeness (QED) is 0.873. The Morgan fingerprint density at radius 2 is 1.69 bits per heavy atom. The van der Waals surface area contributed by atoms with E-state index in [1.165, 1.54) is 25.7 Å². The molecule has 2 atom stereocenters. The van der Waals surface area contributed by atoms with Crippen LogP contribution in [0.5, 0.6) is 0 Å². The van der Waals surface area contributed by atoms with Gasteiger partial charge in [-0.05, 0) is 43.2 Å². The summed E-state index contributed by atoms with van der Waals surface area (Å²) in [5.41, 5.74) is 1.02. The molecule has 1 saturated heterocycles. The molecule has 1 aromatic carbocycles. The van der Waals surface area contributed by atoms with Crippen LogP contribution in [0.4, 0.5) is 5.95 Å². The summed E-state index contributed by atoms with van der Waals surface area (Å²) < 4.78 is 27.1. The molecule has 138 valence electrons. The van der Waals surface area contributed by atoms with E-state index in [4.69, 9.17) is 0 Å². The average Bonchev–Trinajstić information content (AvgIpc) is 2.64. The molecule has 0 spiro atoms. The molecule has 4 rings (SSSR count). The molecule has 1 aliphatic carbocycles. The number of rotatable bonds is 5. The van der Waals surface area contributed by atoms with Gasteiger partial charge < -0.3 is 0 Å². The Bertz CT molecular complexity index is 828. The second-order valence-corrected chi connectivity index (χ2v) is 9.11. The molecule has 2 aromatic rings. The Balaban J connectivity index is 1.39. The van der Waals surface area contributed by atoms with Gasteiger partial charge >= 0.3 is 0 Å². The van der Waals surface area contributed by atoms with Crippen molar-refractivity contribution in [3.8, 4) is 0 Å². The molecule has 1 N–H and O–H groups in total. The van der Waals surface area contributed by atoms with Crippen molar-refractivity contribution in [2.45, 2.75) is 37.1 Å². The van der Waals surface area contributed by atoms with Gasteiger partial charge in [-0.3, -0.25) is 4.90 Å². The molecule has 2 aliphatic rings. The number of likely N-dealkylation sites (tertiary alicyclic amines) is 1. The van der Waals surface area contributed by atoms with Crippen molar-refractivity contribution >= 4 is 16.0 Å². The predicted octanol–water partition coefficient (Wildman–Crippen LogP) is 2.90. The van der Waals surface area contributed by atoms with Gasteiger partial charge in [0.2, 0.25) is 5.95 Å². The Labute approximate surface area is 154 Å². The maximum absolute atomic E-state index is 12.3. The number of anilines is 1. The van der Waals surface area contributed by atoms with E-state index in [0.29, 0.717) is 0 Å². The van der Waals surface area contributed by atoms with E-state index in [0.717, 1.165) is 37.0 Å².